The number of benzene rings is 1. The van der Waals surface area contributed by atoms with Crippen LogP contribution in [0, 0.1) is 24.1 Å². The highest BCUT2D eigenvalue weighted by atomic mass is 35.5. The van der Waals surface area contributed by atoms with Crippen molar-refractivity contribution in [1.29, 1.82) is 5.26 Å². The van der Waals surface area contributed by atoms with Crippen molar-refractivity contribution < 1.29 is 9.13 Å². The fourth-order valence-corrected chi connectivity index (χ4v) is 3.32. The standard InChI is InChI=1S/C20H13ClFN5O/c1-10-14(9-23)19(13-4-3-12(28-2)8-15(13)22)25-20-17(10)18(26-27-20)11-5-6-24-16(21)7-11/h3-8H,1-2H3,(H,25,26,27). The van der Waals surface area contributed by atoms with Crippen LogP contribution >= 0.6 is 11.6 Å². The van der Waals surface area contributed by atoms with Gasteiger partial charge in [-0.3, -0.25) is 5.10 Å². The molecule has 0 fully saturated rings. The third-order valence-corrected chi connectivity index (χ3v) is 4.72. The van der Waals surface area contributed by atoms with E-state index in [4.69, 9.17) is 16.3 Å². The van der Waals surface area contributed by atoms with Crippen LogP contribution in [0.3, 0.4) is 0 Å². The Bertz CT molecular complexity index is 1260. The normalized spacial score (nSPS) is 10.8. The quantitative estimate of drug-likeness (QED) is 0.511. The van der Waals surface area contributed by atoms with Gasteiger partial charge in [0.15, 0.2) is 5.65 Å². The molecular formula is C20H13ClFN5O. The summed E-state index contributed by atoms with van der Waals surface area (Å²) in [4.78, 5) is 8.44. The van der Waals surface area contributed by atoms with Crippen molar-refractivity contribution in [2.75, 3.05) is 7.11 Å². The van der Waals surface area contributed by atoms with E-state index in [1.54, 1.807) is 37.4 Å². The van der Waals surface area contributed by atoms with Crippen molar-refractivity contribution in [3.8, 4) is 34.3 Å². The Kier molecular flexibility index (Phi) is 4.41. The Morgan fingerprint density at radius 3 is 2.75 bits per heavy atom. The average molecular weight is 394 g/mol. The van der Waals surface area contributed by atoms with Crippen LogP contribution in [0.25, 0.3) is 33.5 Å². The van der Waals surface area contributed by atoms with Crippen molar-refractivity contribution in [2.24, 2.45) is 0 Å². The van der Waals surface area contributed by atoms with E-state index in [0.717, 1.165) is 5.56 Å². The minimum atomic E-state index is -0.529. The molecule has 4 rings (SSSR count). The Balaban J connectivity index is 1.98. The van der Waals surface area contributed by atoms with Gasteiger partial charge in [-0.25, -0.2) is 14.4 Å². The van der Waals surface area contributed by atoms with E-state index in [1.165, 1.54) is 13.2 Å². The molecule has 3 aromatic heterocycles. The summed E-state index contributed by atoms with van der Waals surface area (Å²) >= 11 is 5.99. The van der Waals surface area contributed by atoms with Gasteiger partial charge in [-0.15, -0.1) is 0 Å². The molecular weight excluding hydrogens is 381 g/mol. The van der Waals surface area contributed by atoms with Crippen molar-refractivity contribution in [1.82, 2.24) is 20.2 Å². The maximum absolute atomic E-state index is 14.6. The molecule has 0 radical (unpaired) electrons. The van der Waals surface area contributed by atoms with Crippen LogP contribution in [0.1, 0.15) is 11.1 Å². The molecule has 3 heterocycles. The van der Waals surface area contributed by atoms with Gasteiger partial charge in [0.05, 0.1) is 29.4 Å². The third-order valence-electron chi connectivity index (χ3n) is 4.51. The molecule has 0 aliphatic carbocycles. The van der Waals surface area contributed by atoms with Crippen LogP contribution in [0.4, 0.5) is 4.39 Å². The zero-order chi connectivity index (χ0) is 19.8. The molecule has 0 saturated carbocycles. The maximum Gasteiger partial charge on any atom is 0.182 e. The summed E-state index contributed by atoms with van der Waals surface area (Å²) in [6, 6.07) is 10.0. The number of rotatable bonds is 3. The van der Waals surface area contributed by atoms with Crippen LogP contribution in [-0.4, -0.2) is 27.3 Å². The van der Waals surface area contributed by atoms with E-state index in [2.05, 4.69) is 26.2 Å². The molecule has 0 atom stereocenters. The molecule has 0 saturated heterocycles. The smallest absolute Gasteiger partial charge is 0.182 e. The number of aryl methyl sites for hydroxylation is 1. The molecule has 0 aliphatic rings. The first-order chi connectivity index (χ1) is 13.5. The van der Waals surface area contributed by atoms with Crippen LogP contribution in [0.2, 0.25) is 5.15 Å². The van der Waals surface area contributed by atoms with E-state index in [1.807, 2.05) is 0 Å². The molecule has 0 unspecified atom stereocenters. The number of nitriles is 1. The number of aromatic nitrogens is 4. The van der Waals surface area contributed by atoms with Crippen LogP contribution < -0.4 is 4.74 Å². The number of hydrogen-bond donors (Lipinski definition) is 1. The minimum absolute atomic E-state index is 0.207. The predicted octanol–water partition coefficient (Wildman–Crippen LogP) is 4.67. The fourth-order valence-electron chi connectivity index (χ4n) is 3.15. The predicted molar refractivity (Wildman–Crippen MR) is 104 cm³/mol. The van der Waals surface area contributed by atoms with Crippen LogP contribution in [0.5, 0.6) is 5.75 Å². The number of H-pyrrole nitrogens is 1. The largest absolute Gasteiger partial charge is 0.497 e. The van der Waals surface area contributed by atoms with E-state index in [0.29, 0.717) is 33.2 Å². The van der Waals surface area contributed by atoms with Gasteiger partial charge in [0, 0.05) is 23.4 Å². The molecule has 28 heavy (non-hydrogen) atoms. The Labute approximate surface area is 164 Å². The molecule has 138 valence electrons. The van der Waals surface area contributed by atoms with Gasteiger partial charge in [-0.2, -0.15) is 10.4 Å². The van der Waals surface area contributed by atoms with Crippen molar-refractivity contribution in [2.45, 2.75) is 6.92 Å². The van der Waals surface area contributed by atoms with Crippen molar-refractivity contribution in [3.05, 3.63) is 58.6 Å². The molecule has 8 heteroatoms. The lowest BCUT2D eigenvalue weighted by Gasteiger charge is -2.10. The third kappa shape index (κ3) is 2.84. The first-order valence-corrected chi connectivity index (χ1v) is 8.66. The Morgan fingerprint density at radius 1 is 1.25 bits per heavy atom. The highest BCUT2D eigenvalue weighted by Gasteiger charge is 2.21. The van der Waals surface area contributed by atoms with Crippen LogP contribution in [0.15, 0.2) is 36.5 Å². The number of nitrogens with one attached hydrogen (secondary N) is 1. The average Bonchev–Trinajstić information content (AvgIpc) is 3.12. The number of halogens is 2. The van der Waals surface area contributed by atoms with Crippen LogP contribution in [-0.2, 0) is 0 Å². The molecule has 0 amide bonds. The van der Waals surface area contributed by atoms with Gasteiger partial charge in [-0.1, -0.05) is 11.6 Å². The second-order valence-electron chi connectivity index (χ2n) is 6.08. The number of methoxy groups -OCH3 is 1. The number of fused-ring (bicyclic) bond motifs is 1. The number of nitrogens with zero attached hydrogens (tertiary/aromatic N) is 4. The van der Waals surface area contributed by atoms with Crippen molar-refractivity contribution in [3.63, 3.8) is 0 Å². The van der Waals surface area contributed by atoms with Gasteiger partial charge < -0.3 is 4.74 Å². The topological polar surface area (TPSA) is 87.5 Å². The van der Waals surface area contributed by atoms with Gasteiger partial charge in [0.2, 0.25) is 0 Å². The summed E-state index contributed by atoms with van der Waals surface area (Å²) < 4.78 is 19.6. The minimum Gasteiger partial charge on any atom is -0.497 e. The van der Waals surface area contributed by atoms with Gasteiger partial charge in [0.25, 0.3) is 0 Å². The Morgan fingerprint density at radius 2 is 2.07 bits per heavy atom. The lowest BCUT2D eigenvalue weighted by Crippen LogP contribution is -1.98. The number of aromatic amines is 1. The van der Waals surface area contributed by atoms with E-state index >= 15 is 0 Å². The SMILES string of the molecule is COc1ccc(-c2nc3n[nH]c(-c4ccnc(Cl)c4)c3c(C)c2C#N)c(F)c1. The number of hydrogen-bond acceptors (Lipinski definition) is 5. The second-order valence-corrected chi connectivity index (χ2v) is 6.47. The monoisotopic (exact) mass is 393 g/mol. The zero-order valence-electron chi connectivity index (χ0n) is 14.9. The van der Waals surface area contributed by atoms with E-state index < -0.39 is 5.82 Å². The summed E-state index contributed by atoms with van der Waals surface area (Å²) in [7, 11) is 1.46. The zero-order valence-corrected chi connectivity index (χ0v) is 15.7. The van der Waals surface area contributed by atoms with Gasteiger partial charge in [0.1, 0.15) is 22.8 Å². The number of pyridine rings is 2. The lowest BCUT2D eigenvalue weighted by atomic mass is 9.97. The van der Waals surface area contributed by atoms with Gasteiger partial charge >= 0.3 is 0 Å². The fraction of sp³-hybridized carbons (Fsp3) is 0.100. The molecule has 0 bridgehead atoms. The summed E-state index contributed by atoms with van der Waals surface area (Å²) in [6.45, 7) is 1.79. The summed E-state index contributed by atoms with van der Waals surface area (Å²) in [5.74, 6) is -0.145. The first-order valence-electron chi connectivity index (χ1n) is 8.28. The molecule has 0 spiro atoms. The molecule has 0 aliphatic heterocycles. The molecule has 6 nitrogen and oxygen atoms in total. The van der Waals surface area contributed by atoms with Gasteiger partial charge in [-0.05, 0) is 36.8 Å². The molecule has 1 aromatic carbocycles. The van der Waals surface area contributed by atoms with E-state index in [9.17, 15) is 9.65 Å². The number of ether oxygens (including phenoxy) is 1. The Hall–Kier alpha value is -3.50. The molecule has 1 N–H and O–H groups in total. The van der Waals surface area contributed by atoms with Crippen molar-refractivity contribution >= 4 is 22.6 Å². The first kappa shape index (κ1) is 17.9. The lowest BCUT2D eigenvalue weighted by molar-refractivity contribution is 0.411. The summed E-state index contributed by atoms with van der Waals surface area (Å²) in [6.07, 6.45) is 1.58. The summed E-state index contributed by atoms with van der Waals surface area (Å²) in [5, 5.41) is 18.0. The summed E-state index contributed by atoms with van der Waals surface area (Å²) in [5.41, 5.74) is 3.18. The molecule has 4 aromatic rings. The second kappa shape index (κ2) is 6.91. The maximum atomic E-state index is 14.6. The van der Waals surface area contributed by atoms with E-state index in [-0.39, 0.29) is 16.8 Å². The highest BCUT2D eigenvalue weighted by molar-refractivity contribution is 6.29. The highest BCUT2D eigenvalue weighted by Crippen LogP contribution is 2.35.